The van der Waals surface area contributed by atoms with Crippen molar-refractivity contribution in [2.24, 2.45) is 0 Å². The number of aliphatic carboxylic acids is 1. The molecular formula is C19H20F2N2O4. The molecule has 1 aromatic carbocycles. The number of carbonyl (C=O) groups excluding carboxylic acids is 1. The standard InChI is InChI=1S/C19H20F2N2O4/c20-14-7-6-12(10-15(14)21)11-23(9-8-17(24)25)19(26)18-13-4-2-1-3-5-16(13)27-22-18/h6-7,10H,1-5,8-9,11H2,(H,24,25). The van der Waals surface area contributed by atoms with Gasteiger partial charge in [-0.05, 0) is 37.0 Å². The fraction of sp³-hybridized carbons (Fsp3) is 0.421. The molecule has 0 atom stereocenters. The minimum Gasteiger partial charge on any atom is -0.481 e. The summed E-state index contributed by atoms with van der Waals surface area (Å²) in [6.07, 6.45) is 4.05. The second kappa shape index (κ2) is 8.28. The van der Waals surface area contributed by atoms with Gasteiger partial charge >= 0.3 is 5.97 Å². The van der Waals surface area contributed by atoms with Crippen molar-refractivity contribution in [3.63, 3.8) is 0 Å². The van der Waals surface area contributed by atoms with E-state index in [1.54, 1.807) is 0 Å². The van der Waals surface area contributed by atoms with Crippen LogP contribution in [-0.4, -0.2) is 33.6 Å². The van der Waals surface area contributed by atoms with Crippen LogP contribution >= 0.6 is 0 Å². The number of amides is 1. The topological polar surface area (TPSA) is 83.6 Å². The molecule has 1 heterocycles. The molecule has 3 rings (SSSR count). The average Bonchev–Trinajstić information content (AvgIpc) is 2.89. The average molecular weight is 378 g/mol. The number of fused-ring (bicyclic) bond motifs is 1. The second-order valence-electron chi connectivity index (χ2n) is 6.61. The highest BCUT2D eigenvalue weighted by Gasteiger charge is 2.27. The smallest absolute Gasteiger partial charge is 0.305 e. The lowest BCUT2D eigenvalue weighted by molar-refractivity contribution is -0.137. The predicted molar refractivity (Wildman–Crippen MR) is 91.1 cm³/mol. The molecule has 1 aromatic heterocycles. The lowest BCUT2D eigenvalue weighted by Crippen LogP contribution is -2.33. The number of aromatic nitrogens is 1. The normalized spacial score (nSPS) is 13.7. The Morgan fingerprint density at radius 3 is 2.67 bits per heavy atom. The molecule has 0 saturated carbocycles. The maximum Gasteiger partial charge on any atom is 0.305 e. The Morgan fingerprint density at radius 2 is 1.93 bits per heavy atom. The number of rotatable bonds is 6. The monoisotopic (exact) mass is 378 g/mol. The number of nitrogens with zero attached hydrogens (tertiary/aromatic N) is 2. The molecule has 0 saturated heterocycles. The van der Waals surface area contributed by atoms with Crippen molar-refractivity contribution in [3.8, 4) is 0 Å². The quantitative estimate of drug-likeness (QED) is 0.780. The first-order valence-corrected chi connectivity index (χ1v) is 8.88. The molecule has 6 nitrogen and oxygen atoms in total. The van der Waals surface area contributed by atoms with Crippen molar-refractivity contribution in [3.05, 3.63) is 52.4 Å². The van der Waals surface area contributed by atoms with Gasteiger partial charge in [0.1, 0.15) is 5.76 Å². The molecule has 0 fully saturated rings. The van der Waals surface area contributed by atoms with E-state index in [-0.39, 0.29) is 25.2 Å². The van der Waals surface area contributed by atoms with Crippen LogP contribution in [0.3, 0.4) is 0 Å². The first-order valence-electron chi connectivity index (χ1n) is 8.88. The number of hydrogen-bond acceptors (Lipinski definition) is 4. The van der Waals surface area contributed by atoms with Crippen LogP contribution in [0.5, 0.6) is 0 Å². The van der Waals surface area contributed by atoms with Gasteiger partial charge in [0.05, 0.1) is 6.42 Å². The zero-order valence-corrected chi connectivity index (χ0v) is 14.7. The Kier molecular flexibility index (Phi) is 5.83. The van der Waals surface area contributed by atoms with Gasteiger partial charge < -0.3 is 14.5 Å². The lowest BCUT2D eigenvalue weighted by Gasteiger charge is -2.21. The van der Waals surface area contributed by atoms with E-state index in [1.807, 2.05) is 0 Å². The SMILES string of the molecule is O=C(O)CCN(Cc1ccc(F)c(F)c1)C(=O)c1noc2c1CCCCC2. The molecule has 0 aliphatic heterocycles. The van der Waals surface area contributed by atoms with E-state index in [4.69, 9.17) is 9.63 Å². The Balaban J connectivity index is 1.85. The highest BCUT2D eigenvalue weighted by atomic mass is 19.2. The Hall–Kier alpha value is -2.77. The molecule has 1 aliphatic carbocycles. The highest BCUT2D eigenvalue weighted by molar-refractivity contribution is 5.94. The highest BCUT2D eigenvalue weighted by Crippen LogP contribution is 2.25. The van der Waals surface area contributed by atoms with Gasteiger partial charge in [0.25, 0.3) is 5.91 Å². The summed E-state index contributed by atoms with van der Waals surface area (Å²) in [5.41, 5.74) is 1.31. The molecule has 8 heteroatoms. The third-order valence-corrected chi connectivity index (χ3v) is 4.64. The van der Waals surface area contributed by atoms with E-state index in [1.165, 1.54) is 11.0 Å². The number of hydrogen-bond donors (Lipinski definition) is 1. The minimum absolute atomic E-state index is 0.0506. The summed E-state index contributed by atoms with van der Waals surface area (Å²) < 4.78 is 32.0. The molecule has 0 radical (unpaired) electrons. The van der Waals surface area contributed by atoms with Crippen LogP contribution in [0, 0.1) is 11.6 Å². The number of aryl methyl sites for hydroxylation is 1. The van der Waals surface area contributed by atoms with E-state index in [0.29, 0.717) is 24.2 Å². The number of halogens is 2. The van der Waals surface area contributed by atoms with Crippen LogP contribution in [0.15, 0.2) is 22.7 Å². The molecule has 0 unspecified atom stereocenters. The molecule has 1 N–H and O–H groups in total. The van der Waals surface area contributed by atoms with Crippen molar-refractivity contribution in [1.82, 2.24) is 10.1 Å². The van der Waals surface area contributed by atoms with E-state index in [9.17, 15) is 18.4 Å². The fourth-order valence-corrected chi connectivity index (χ4v) is 3.22. The summed E-state index contributed by atoms with van der Waals surface area (Å²) in [5, 5.41) is 12.9. The predicted octanol–water partition coefficient (Wildman–Crippen LogP) is 3.34. The fourth-order valence-electron chi connectivity index (χ4n) is 3.22. The maximum absolute atomic E-state index is 13.5. The van der Waals surface area contributed by atoms with E-state index < -0.39 is 23.5 Å². The number of carboxylic acid groups (broad SMARTS) is 1. The van der Waals surface area contributed by atoms with Gasteiger partial charge in [-0.2, -0.15) is 0 Å². The minimum atomic E-state index is -1.06. The summed E-state index contributed by atoms with van der Waals surface area (Å²) in [5.74, 6) is -2.83. The Morgan fingerprint density at radius 1 is 1.15 bits per heavy atom. The second-order valence-corrected chi connectivity index (χ2v) is 6.61. The molecule has 144 valence electrons. The van der Waals surface area contributed by atoms with E-state index in [0.717, 1.165) is 37.0 Å². The van der Waals surface area contributed by atoms with Crippen molar-refractivity contribution in [1.29, 1.82) is 0 Å². The van der Waals surface area contributed by atoms with Gasteiger partial charge in [-0.25, -0.2) is 8.78 Å². The van der Waals surface area contributed by atoms with Gasteiger partial charge in [0.2, 0.25) is 0 Å². The van der Waals surface area contributed by atoms with Crippen molar-refractivity contribution in [2.45, 2.75) is 45.1 Å². The Bertz CT molecular complexity index is 850. The van der Waals surface area contributed by atoms with Crippen LogP contribution < -0.4 is 0 Å². The van der Waals surface area contributed by atoms with E-state index in [2.05, 4.69) is 5.16 Å². The molecule has 0 bridgehead atoms. The molecule has 1 amide bonds. The van der Waals surface area contributed by atoms with Crippen LogP contribution in [-0.2, 0) is 24.2 Å². The van der Waals surface area contributed by atoms with Crippen LogP contribution in [0.1, 0.15) is 53.1 Å². The van der Waals surface area contributed by atoms with Gasteiger partial charge in [0, 0.05) is 25.1 Å². The third-order valence-electron chi connectivity index (χ3n) is 4.64. The molecular weight excluding hydrogens is 358 g/mol. The largest absolute Gasteiger partial charge is 0.481 e. The zero-order chi connectivity index (χ0) is 19.4. The first kappa shape index (κ1) is 19.0. The summed E-state index contributed by atoms with van der Waals surface area (Å²) in [4.78, 5) is 25.2. The van der Waals surface area contributed by atoms with Crippen LogP contribution in [0.25, 0.3) is 0 Å². The maximum atomic E-state index is 13.5. The molecule has 1 aliphatic rings. The summed E-state index contributed by atoms with van der Waals surface area (Å²) in [6, 6.07) is 3.34. The first-order chi connectivity index (χ1) is 13.0. The van der Waals surface area contributed by atoms with Crippen LogP contribution in [0.2, 0.25) is 0 Å². The van der Waals surface area contributed by atoms with E-state index >= 15 is 0 Å². The number of benzene rings is 1. The Labute approximate surface area is 154 Å². The summed E-state index contributed by atoms with van der Waals surface area (Å²) >= 11 is 0. The molecule has 0 spiro atoms. The lowest BCUT2D eigenvalue weighted by atomic mass is 10.1. The van der Waals surface area contributed by atoms with Gasteiger partial charge in [-0.15, -0.1) is 0 Å². The van der Waals surface area contributed by atoms with Crippen molar-refractivity contribution < 1.29 is 28.0 Å². The molecule has 2 aromatic rings. The van der Waals surface area contributed by atoms with Gasteiger partial charge in [0.15, 0.2) is 17.3 Å². The molecule has 27 heavy (non-hydrogen) atoms. The van der Waals surface area contributed by atoms with Gasteiger partial charge in [-0.3, -0.25) is 9.59 Å². The van der Waals surface area contributed by atoms with Crippen LogP contribution in [0.4, 0.5) is 8.78 Å². The number of carboxylic acids is 1. The van der Waals surface area contributed by atoms with Gasteiger partial charge in [-0.1, -0.05) is 17.6 Å². The van der Waals surface area contributed by atoms with Crippen molar-refractivity contribution >= 4 is 11.9 Å². The van der Waals surface area contributed by atoms with Crippen molar-refractivity contribution in [2.75, 3.05) is 6.54 Å². The third kappa shape index (κ3) is 4.50. The summed E-state index contributed by atoms with van der Waals surface area (Å²) in [7, 11) is 0. The summed E-state index contributed by atoms with van der Waals surface area (Å²) in [6.45, 7) is -0.125. The number of carbonyl (C=O) groups is 2. The zero-order valence-electron chi connectivity index (χ0n) is 14.7.